The maximum atomic E-state index is 13.7. The van der Waals surface area contributed by atoms with E-state index < -0.39 is 0 Å². The third-order valence-electron chi connectivity index (χ3n) is 5.52. The molecule has 3 aromatic carbocycles. The lowest BCUT2D eigenvalue weighted by atomic mass is 10.0. The Morgan fingerprint density at radius 2 is 1.45 bits per heavy atom. The van der Waals surface area contributed by atoms with Crippen LogP contribution in [0.5, 0.6) is 23.0 Å². The van der Waals surface area contributed by atoms with Gasteiger partial charge in [-0.05, 0) is 41.5 Å². The molecule has 0 aliphatic carbocycles. The van der Waals surface area contributed by atoms with Crippen molar-refractivity contribution in [3.8, 4) is 23.0 Å². The van der Waals surface area contributed by atoms with Crippen LogP contribution in [-0.2, 0) is 0 Å². The number of benzene rings is 3. The van der Waals surface area contributed by atoms with Crippen molar-refractivity contribution in [2.75, 3.05) is 28.4 Å². The van der Waals surface area contributed by atoms with Gasteiger partial charge >= 0.3 is 0 Å². The van der Waals surface area contributed by atoms with Gasteiger partial charge in [-0.15, -0.1) is 0 Å². The Morgan fingerprint density at radius 1 is 0.818 bits per heavy atom. The summed E-state index contributed by atoms with van der Waals surface area (Å²) in [5.41, 5.74) is 6.46. The van der Waals surface area contributed by atoms with Crippen molar-refractivity contribution in [3.05, 3.63) is 89.5 Å². The highest BCUT2D eigenvalue weighted by molar-refractivity contribution is 5.97. The van der Waals surface area contributed by atoms with Crippen LogP contribution in [0.4, 0.5) is 0 Å². The number of methoxy groups -OCH3 is 4. The van der Waals surface area contributed by atoms with Gasteiger partial charge in [0.2, 0.25) is 5.75 Å². The second-order valence-corrected chi connectivity index (χ2v) is 7.37. The number of nitrogens with zero attached hydrogens (tertiary/aromatic N) is 1. The summed E-state index contributed by atoms with van der Waals surface area (Å²) in [7, 11) is 6.20. The van der Waals surface area contributed by atoms with Gasteiger partial charge in [0.15, 0.2) is 11.5 Å². The van der Waals surface area contributed by atoms with Crippen LogP contribution in [0.25, 0.3) is 5.70 Å². The van der Waals surface area contributed by atoms with Gasteiger partial charge in [0.05, 0.1) is 40.2 Å². The zero-order valence-electron chi connectivity index (χ0n) is 19.0. The van der Waals surface area contributed by atoms with Gasteiger partial charge in [0, 0.05) is 5.56 Å². The zero-order chi connectivity index (χ0) is 23.4. The minimum Gasteiger partial charge on any atom is -0.497 e. The number of rotatable bonds is 7. The van der Waals surface area contributed by atoms with E-state index >= 15 is 0 Å². The molecule has 0 saturated heterocycles. The minimum atomic E-state index is -0.335. The van der Waals surface area contributed by atoms with Crippen molar-refractivity contribution in [1.29, 1.82) is 0 Å². The smallest absolute Gasteiger partial charge is 0.273 e. The Bertz CT molecular complexity index is 1130. The van der Waals surface area contributed by atoms with Crippen LogP contribution in [0.2, 0.25) is 0 Å². The Kier molecular flexibility index (Phi) is 6.40. The molecule has 7 heteroatoms. The van der Waals surface area contributed by atoms with Crippen LogP contribution >= 0.6 is 0 Å². The molecule has 170 valence electrons. The Morgan fingerprint density at radius 3 is 2.00 bits per heavy atom. The number of hydrogen-bond acceptors (Lipinski definition) is 6. The van der Waals surface area contributed by atoms with Crippen molar-refractivity contribution in [2.45, 2.75) is 6.04 Å². The fourth-order valence-electron chi connectivity index (χ4n) is 3.81. The molecular formula is C26H26N2O5. The molecule has 1 N–H and O–H groups in total. The molecule has 3 aromatic rings. The summed E-state index contributed by atoms with van der Waals surface area (Å²) in [5, 5.41) is 1.60. The quantitative estimate of drug-likeness (QED) is 0.578. The second-order valence-electron chi connectivity index (χ2n) is 7.37. The topological polar surface area (TPSA) is 69.3 Å². The van der Waals surface area contributed by atoms with E-state index in [1.807, 2.05) is 60.7 Å². The number of amides is 1. The second kappa shape index (κ2) is 9.56. The molecule has 1 unspecified atom stereocenters. The predicted octanol–water partition coefficient (Wildman–Crippen LogP) is 4.46. The first-order valence-electron chi connectivity index (χ1n) is 10.4. The van der Waals surface area contributed by atoms with Gasteiger partial charge in [0.1, 0.15) is 5.75 Å². The summed E-state index contributed by atoms with van der Waals surface area (Å²) in [6, 6.07) is 20.5. The van der Waals surface area contributed by atoms with Crippen LogP contribution in [-0.4, -0.2) is 39.4 Å². The largest absolute Gasteiger partial charge is 0.497 e. The fraction of sp³-hybridized carbons (Fsp3) is 0.192. The zero-order valence-corrected chi connectivity index (χ0v) is 19.0. The van der Waals surface area contributed by atoms with E-state index in [2.05, 4.69) is 5.43 Å². The Labute approximate surface area is 193 Å². The van der Waals surface area contributed by atoms with Crippen molar-refractivity contribution < 1.29 is 23.7 Å². The standard InChI is InChI=1S/C26H26N2O5/c1-30-20-12-10-18(11-13-20)22-16-21(17-8-6-5-7-9-17)27-28(22)26(29)19-14-23(31-2)25(33-4)24(15-19)32-3/h5-16,22,27H,1-4H3. The Hall–Kier alpha value is -4.13. The first-order valence-corrected chi connectivity index (χ1v) is 10.4. The van der Waals surface area contributed by atoms with E-state index in [1.54, 1.807) is 24.3 Å². The number of hydrogen-bond donors (Lipinski definition) is 1. The third-order valence-corrected chi connectivity index (χ3v) is 5.52. The van der Waals surface area contributed by atoms with Gasteiger partial charge in [-0.3, -0.25) is 10.2 Å². The van der Waals surface area contributed by atoms with Crippen LogP contribution in [0, 0.1) is 0 Å². The summed E-state index contributed by atoms with van der Waals surface area (Å²) in [6.07, 6.45) is 2.03. The molecule has 1 atom stereocenters. The molecule has 7 nitrogen and oxygen atoms in total. The molecule has 1 aliphatic heterocycles. The fourth-order valence-corrected chi connectivity index (χ4v) is 3.81. The third kappa shape index (κ3) is 4.30. The molecule has 1 aliphatic rings. The van der Waals surface area contributed by atoms with E-state index in [0.717, 1.165) is 22.6 Å². The highest BCUT2D eigenvalue weighted by Crippen LogP contribution is 2.40. The maximum Gasteiger partial charge on any atom is 0.273 e. The molecule has 0 saturated carbocycles. The lowest BCUT2D eigenvalue weighted by Gasteiger charge is -2.26. The van der Waals surface area contributed by atoms with Crippen LogP contribution in [0.1, 0.15) is 27.5 Å². The van der Waals surface area contributed by atoms with Crippen LogP contribution in [0.15, 0.2) is 72.8 Å². The summed E-state index contributed by atoms with van der Waals surface area (Å²) in [5.74, 6) is 1.77. The molecule has 1 amide bonds. The van der Waals surface area contributed by atoms with E-state index in [4.69, 9.17) is 18.9 Å². The minimum absolute atomic E-state index is 0.239. The number of nitrogens with one attached hydrogen (secondary N) is 1. The SMILES string of the molecule is COc1ccc(C2C=C(c3ccccc3)NN2C(=O)c2cc(OC)c(OC)c(OC)c2)cc1. The maximum absolute atomic E-state index is 13.7. The van der Waals surface area contributed by atoms with Gasteiger partial charge < -0.3 is 18.9 Å². The molecule has 1 heterocycles. The van der Waals surface area contributed by atoms with Crippen molar-refractivity contribution in [1.82, 2.24) is 10.4 Å². The van der Waals surface area contributed by atoms with Gasteiger partial charge in [0.25, 0.3) is 5.91 Å². The molecule has 33 heavy (non-hydrogen) atoms. The summed E-state index contributed by atoms with van der Waals surface area (Å²) < 4.78 is 21.6. The molecule has 0 spiro atoms. The van der Waals surface area contributed by atoms with Gasteiger partial charge in [-0.25, -0.2) is 5.01 Å². The van der Waals surface area contributed by atoms with E-state index in [1.165, 1.54) is 21.3 Å². The van der Waals surface area contributed by atoms with Crippen molar-refractivity contribution in [3.63, 3.8) is 0 Å². The summed E-state index contributed by atoms with van der Waals surface area (Å²) >= 11 is 0. The number of carbonyl (C=O) groups excluding carboxylic acids is 1. The van der Waals surface area contributed by atoms with Gasteiger partial charge in [-0.1, -0.05) is 42.5 Å². The Balaban J connectivity index is 1.75. The monoisotopic (exact) mass is 446 g/mol. The lowest BCUT2D eigenvalue weighted by molar-refractivity contribution is 0.0671. The molecule has 0 fully saturated rings. The average molecular weight is 447 g/mol. The van der Waals surface area contributed by atoms with Crippen molar-refractivity contribution >= 4 is 11.6 Å². The molecule has 4 rings (SSSR count). The number of carbonyl (C=O) groups is 1. The van der Waals surface area contributed by atoms with Crippen molar-refractivity contribution in [2.24, 2.45) is 0 Å². The lowest BCUT2D eigenvalue weighted by Crippen LogP contribution is -2.39. The highest BCUT2D eigenvalue weighted by Gasteiger charge is 2.32. The average Bonchev–Trinajstić information content (AvgIpc) is 3.33. The summed E-state index contributed by atoms with van der Waals surface area (Å²) in [4.78, 5) is 13.7. The van der Waals surface area contributed by atoms with E-state index in [0.29, 0.717) is 22.8 Å². The first kappa shape index (κ1) is 22.1. The summed E-state index contributed by atoms with van der Waals surface area (Å²) in [6.45, 7) is 0. The van der Waals surface area contributed by atoms with Crippen LogP contribution < -0.4 is 24.4 Å². The molecule has 0 radical (unpaired) electrons. The van der Waals surface area contributed by atoms with Gasteiger partial charge in [-0.2, -0.15) is 0 Å². The van der Waals surface area contributed by atoms with E-state index in [-0.39, 0.29) is 11.9 Å². The molecule has 0 bridgehead atoms. The molecule has 0 aromatic heterocycles. The highest BCUT2D eigenvalue weighted by atomic mass is 16.5. The molecular weight excluding hydrogens is 420 g/mol. The number of hydrazine groups is 1. The predicted molar refractivity (Wildman–Crippen MR) is 126 cm³/mol. The normalized spacial score (nSPS) is 14.8. The van der Waals surface area contributed by atoms with E-state index in [9.17, 15) is 4.79 Å². The first-order chi connectivity index (χ1) is 16.1. The number of ether oxygens (including phenoxy) is 4. The van der Waals surface area contributed by atoms with Crippen LogP contribution in [0.3, 0.4) is 0 Å².